The Morgan fingerprint density at radius 1 is 1.26 bits per heavy atom. The summed E-state index contributed by atoms with van der Waals surface area (Å²) in [5.74, 6) is -0.823. The second-order valence-corrected chi connectivity index (χ2v) is 11.0. The molecule has 196 valence electrons. The van der Waals surface area contributed by atoms with E-state index in [0.717, 1.165) is 30.7 Å². The van der Waals surface area contributed by atoms with Crippen molar-refractivity contribution in [2.24, 2.45) is 0 Å². The van der Waals surface area contributed by atoms with Crippen LogP contribution in [0.15, 0.2) is 18.2 Å². The summed E-state index contributed by atoms with van der Waals surface area (Å²) >= 11 is 7.62. The SMILES string of the molecule is [C-]#[N+]N1CC(Nc2nc(OC[C@@H]3CCCN3C)nc3c(F)c(-c4ccc(F)c5sc(N)nc45)c(Cl)cc23)C1. The van der Waals surface area contributed by atoms with Gasteiger partial charge in [-0.15, -0.1) is 5.01 Å². The number of nitrogens with one attached hydrogen (secondary N) is 1. The number of rotatable bonds is 6. The summed E-state index contributed by atoms with van der Waals surface area (Å²) in [4.78, 5) is 18.8. The van der Waals surface area contributed by atoms with Crippen LogP contribution < -0.4 is 15.8 Å². The normalized spacial score (nSPS) is 18.2. The molecule has 4 heterocycles. The highest BCUT2D eigenvalue weighted by Gasteiger charge is 2.32. The summed E-state index contributed by atoms with van der Waals surface area (Å²) in [6, 6.07) is 4.48. The van der Waals surface area contributed by atoms with E-state index in [2.05, 4.69) is 30.1 Å². The molecule has 2 saturated heterocycles. The average Bonchev–Trinajstić information content (AvgIpc) is 3.46. The fourth-order valence-corrected chi connectivity index (χ4v) is 6.03. The van der Waals surface area contributed by atoms with E-state index >= 15 is 4.39 Å². The molecule has 1 atom stereocenters. The molecule has 2 aliphatic rings. The molecular formula is C25H23ClF2N8OS. The van der Waals surface area contributed by atoms with E-state index in [0.29, 0.717) is 36.5 Å². The molecule has 9 nitrogen and oxygen atoms in total. The monoisotopic (exact) mass is 556 g/mol. The number of aromatic nitrogens is 3. The number of fused-ring (bicyclic) bond motifs is 2. The number of anilines is 2. The largest absolute Gasteiger partial charge is 0.462 e. The lowest BCUT2D eigenvalue weighted by atomic mass is 10.0. The van der Waals surface area contributed by atoms with Crippen LogP contribution in [0.4, 0.5) is 19.7 Å². The molecule has 13 heteroatoms. The zero-order valence-electron chi connectivity index (χ0n) is 20.3. The van der Waals surface area contributed by atoms with E-state index in [-0.39, 0.29) is 49.5 Å². The number of hydrogen-bond acceptors (Lipinski definition) is 9. The van der Waals surface area contributed by atoms with Crippen molar-refractivity contribution in [1.29, 1.82) is 0 Å². The molecule has 38 heavy (non-hydrogen) atoms. The zero-order valence-corrected chi connectivity index (χ0v) is 21.9. The average molecular weight is 557 g/mol. The first-order valence-corrected chi connectivity index (χ1v) is 13.3. The third kappa shape index (κ3) is 4.30. The first-order valence-electron chi connectivity index (χ1n) is 12.1. The maximum absolute atomic E-state index is 16.3. The Morgan fingerprint density at radius 3 is 2.82 bits per heavy atom. The molecule has 0 aliphatic carbocycles. The molecule has 2 fully saturated rings. The van der Waals surface area contributed by atoms with E-state index in [1.165, 1.54) is 12.1 Å². The number of nitrogens with two attached hydrogens (primary N) is 1. The molecule has 2 aromatic heterocycles. The third-order valence-corrected chi connectivity index (χ3v) is 8.26. The number of halogens is 3. The Balaban J connectivity index is 1.46. The van der Waals surface area contributed by atoms with Gasteiger partial charge in [-0.1, -0.05) is 22.9 Å². The molecule has 2 aliphatic heterocycles. The predicted octanol–water partition coefficient (Wildman–Crippen LogP) is 4.82. The number of nitrogens with zero attached hydrogens (tertiary/aromatic N) is 6. The van der Waals surface area contributed by atoms with Gasteiger partial charge in [-0.3, -0.25) is 0 Å². The van der Waals surface area contributed by atoms with E-state index in [9.17, 15) is 4.39 Å². The van der Waals surface area contributed by atoms with Crippen molar-refractivity contribution in [3.8, 4) is 17.1 Å². The number of benzene rings is 2. The quantitative estimate of drug-likeness (QED) is 0.326. The molecule has 3 N–H and O–H groups in total. The highest BCUT2D eigenvalue weighted by atomic mass is 35.5. The van der Waals surface area contributed by atoms with Gasteiger partial charge in [0.2, 0.25) is 0 Å². The predicted molar refractivity (Wildman–Crippen MR) is 144 cm³/mol. The summed E-state index contributed by atoms with van der Waals surface area (Å²) in [5.41, 5.74) is 6.44. The Morgan fingerprint density at radius 2 is 2.08 bits per heavy atom. The zero-order chi connectivity index (χ0) is 26.6. The Bertz CT molecular complexity index is 1600. The van der Waals surface area contributed by atoms with Crippen LogP contribution in [0.1, 0.15) is 12.8 Å². The van der Waals surface area contributed by atoms with Crippen molar-refractivity contribution >= 4 is 55.0 Å². The van der Waals surface area contributed by atoms with Crippen molar-refractivity contribution in [3.63, 3.8) is 0 Å². The standard InChI is InChI=1S/C25H23ClF2N8OS/c1-30-36-9-12(10-36)31-23-15-8-16(26)18(14-5-6-17(27)22-21(14)32-24(29)38-22)19(28)20(15)33-25(34-23)37-11-13-4-3-7-35(13)2/h5-6,8,12-13H,3-4,7,9-11H2,2H3,(H2,29,32)(H,31,33,34)/t13-/m0/s1. The highest BCUT2D eigenvalue weighted by molar-refractivity contribution is 7.22. The molecule has 0 radical (unpaired) electrons. The van der Waals surface area contributed by atoms with Crippen molar-refractivity contribution in [1.82, 2.24) is 24.9 Å². The number of hydrogen-bond donors (Lipinski definition) is 2. The van der Waals surface area contributed by atoms with Crippen LogP contribution in [0, 0.1) is 18.2 Å². The summed E-state index contributed by atoms with van der Waals surface area (Å²) in [7, 11) is 2.04. The minimum Gasteiger partial charge on any atom is -0.462 e. The molecule has 6 rings (SSSR count). The third-order valence-electron chi connectivity index (χ3n) is 7.06. The van der Waals surface area contributed by atoms with E-state index in [1.54, 1.807) is 11.1 Å². The number of likely N-dealkylation sites (tertiary alicyclic amines) is 1. The summed E-state index contributed by atoms with van der Waals surface area (Å²) < 4.78 is 36.9. The van der Waals surface area contributed by atoms with Crippen LogP contribution in [-0.4, -0.2) is 70.2 Å². The van der Waals surface area contributed by atoms with Gasteiger partial charge in [-0.25, -0.2) is 13.8 Å². The minimum absolute atomic E-state index is 0.0127. The van der Waals surface area contributed by atoms with Gasteiger partial charge in [0.15, 0.2) is 10.9 Å². The maximum atomic E-state index is 16.3. The van der Waals surface area contributed by atoms with Gasteiger partial charge in [0.05, 0.1) is 21.3 Å². The van der Waals surface area contributed by atoms with E-state index in [1.807, 2.05) is 7.05 Å². The Labute approximate surface area is 226 Å². The molecule has 0 unspecified atom stereocenters. The number of ether oxygens (including phenoxy) is 1. The summed E-state index contributed by atoms with van der Waals surface area (Å²) in [6.45, 7) is 9.52. The minimum atomic E-state index is -0.698. The van der Waals surface area contributed by atoms with Crippen molar-refractivity contribution in [2.45, 2.75) is 24.9 Å². The summed E-state index contributed by atoms with van der Waals surface area (Å²) in [6.07, 6.45) is 2.08. The van der Waals surface area contributed by atoms with Gasteiger partial charge >= 0.3 is 6.01 Å². The van der Waals surface area contributed by atoms with Crippen LogP contribution in [0.2, 0.25) is 5.02 Å². The van der Waals surface area contributed by atoms with Crippen LogP contribution in [0.5, 0.6) is 6.01 Å². The van der Waals surface area contributed by atoms with Crippen LogP contribution >= 0.6 is 22.9 Å². The van der Waals surface area contributed by atoms with E-state index < -0.39 is 11.6 Å². The van der Waals surface area contributed by atoms with Crippen LogP contribution in [0.3, 0.4) is 0 Å². The van der Waals surface area contributed by atoms with Crippen molar-refractivity contribution < 1.29 is 13.5 Å². The first-order chi connectivity index (χ1) is 18.3. The number of nitrogen functional groups attached to an aromatic ring is 1. The smallest absolute Gasteiger partial charge is 0.319 e. The lowest BCUT2D eigenvalue weighted by Crippen LogP contribution is -2.51. The molecule has 2 aromatic carbocycles. The Hall–Kier alpha value is -3.53. The molecule has 4 aromatic rings. The fourth-order valence-electron chi connectivity index (χ4n) is 4.97. The fraction of sp³-hybridized carbons (Fsp3) is 0.360. The van der Waals surface area contributed by atoms with Crippen molar-refractivity contribution in [3.05, 3.63) is 46.4 Å². The Kier molecular flexibility index (Phi) is 6.29. The van der Waals surface area contributed by atoms with Gasteiger partial charge in [0, 0.05) is 22.6 Å². The highest BCUT2D eigenvalue weighted by Crippen LogP contribution is 2.42. The molecule has 0 spiro atoms. The molecule has 0 bridgehead atoms. The van der Waals surface area contributed by atoms with Crippen molar-refractivity contribution in [2.75, 3.05) is 44.3 Å². The molecule has 0 saturated carbocycles. The number of thiazole rings is 1. The second kappa shape index (κ2) is 9.65. The van der Waals surface area contributed by atoms with Gasteiger partial charge < -0.3 is 20.7 Å². The first kappa shape index (κ1) is 24.8. The van der Waals surface area contributed by atoms with Gasteiger partial charge in [0.25, 0.3) is 0 Å². The molecular weight excluding hydrogens is 534 g/mol. The lowest BCUT2D eigenvalue weighted by Gasteiger charge is -2.31. The summed E-state index contributed by atoms with van der Waals surface area (Å²) in [5, 5.41) is 5.51. The number of likely N-dealkylation sites (N-methyl/N-ethyl adjacent to an activating group) is 1. The van der Waals surface area contributed by atoms with Gasteiger partial charge in [0.1, 0.15) is 36.8 Å². The maximum Gasteiger partial charge on any atom is 0.319 e. The van der Waals surface area contributed by atoms with E-state index in [4.69, 9.17) is 28.6 Å². The van der Waals surface area contributed by atoms with Crippen LogP contribution in [-0.2, 0) is 0 Å². The topological polar surface area (TPSA) is 96.8 Å². The van der Waals surface area contributed by atoms with Gasteiger partial charge in [-0.2, -0.15) is 21.5 Å². The second-order valence-electron chi connectivity index (χ2n) is 9.52. The van der Waals surface area contributed by atoms with Gasteiger partial charge in [-0.05, 0) is 44.6 Å². The van der Waals surface area contributed by atoms with Crippen LogP contribution in [0.25, 0.3) is 37.2 Å². The lowest BCUT2D eigenvalue weighted by molar-refractivity contribution is 0.188. The molecule has 0 amide bonds.